The first-order valence-electron chi connectivity index (χ1n) is 9.52. The van der Waals surface area contributed by atoms with Gasteiger partial charge in [-0.05, 0) is 56.7 Å². The number of benzene rings is 2. The molecule has 0 radical (unpaired) electrons. The van der Waals surface area contributed by atoms with E-state index >= 15 is 0 Å². The number of nitrogens with zero attached hydrogens (tertiary/aromatic N) is 3. The number of halogens is 1. The van der Waals surface area contributed by atoms with Crippen LogP contribution >= 0.6 is 0 Å². The van der Waals surface area contributed by atoms with Crippen LogP contribution in [0, 0.1) is 12.7 Å². The molecule has 7 heteroatoms. The van der Waals surface area contributed by atoms with Gasteiger partial charge in [-0.15, -0.1) is 0 Å². The molecule has 1 aromatic heterocycles. The van der Waals surface area contributed by atoms with E-state index in [1.807, 2.05) is 13.0 Å². The molecule has 150 valence electrons. The van der Waals surface area contributed by atoms with Gasteiger partial charge in [-0.3, -0.25) is 4.79 Å². The van der Waals surface area contributed by atoms with Gasteiger partial charge >= 0.3 is 0 Å². The van der Waals surface area contributed by atoms with Gasteiger partial charge in [0, 0.05) is 30.5 Å². The Bertz CT molecular complexity index is 1000. The van der Waals surface area contributed by atoms with Gasteiger partial charge in [0.1, 0.15) is 23.7 Å². The molecule has 3 aromatic rings. The normalized spacial score (nSPS) is 10.5. The van der Waals surface area contributed by atoms with Crippen molar-refractivity contribution in [1.82, 2.24) is 9.97 Å². The minimum atomic E-state index is -0.505. The second-order valence-electron chi connectivity index (χ2n) is 6.52. The number of aryl methyl sites for hydroxylation is 1. The summed E-state index contributed by atoms with van der Waals surface area (Å²) in [6, 6.07) is 13.7. The predicted molar refractivity (Wildman–Crippen MR) is 114 cm³/mol. The minimum absolute atomic E-state index is 0.105. The van der Waals surface area contributed by atoms with Gasteiger partial charge < -0.3 is 15.5 Å². The average molecular weight is 393 g/mol. The fraction of sp³-hybridized carbons (Fsp3) is 0.227. The van der Waals surface area contributed by atoms with E-state index in [2.05, 4.69) is 51.5 Å². The second kappa shape index (κ2) is 9.14. The van der Waals surface area contributed by atoms with Crippen molar-refractivity contribution in [3.63, 3.8) is 0 Å². The van der Waals surface area contributed by atoms with Crippen LogP contribution in [0.4, 0.5) is 27.3 Å². The van der Waals surface area contributed by atoms with E-state index in [0.29, 0.717) is 5.82 Å². The Morgan fingerprint density at radius 2 is 1.79 bits per heavy atom. The van der Waals surface area contributed by atoms with Gasteiger partial charge in [-0.1, -0.05) is 12.1 Å². The highest BCUT2D eigenvalue weighted by Gasteiger charge is 2.12. The highest BCUT2D eigenvalue weighted by atomic mass is 19.1. The van der Waals surface area contributed by atoms with Crippen LogP contribution in [0.25, 0.3) is 0 Å². The van der Waals surface area contributed by atoms with Crippen molar-refractivity contribution >= 4 is 28.8 Å². The molecular weight excluding hydrogens is 369 g/mol. The summed E-state index contributed by atoms with van der Waals surface area (Å²) in [5.41, 5.74) is 3.35. The number of para-hydroxylation sites is 1. The van der Waals surface area contributed by atoms with Crippen molar-refractivity contribution in [2.24, 2.45) is 0 Å². The molecule has 0 aliphatic heterocycles. The van der Waals surface area contributed by atoms with Gasteiger partial charge in [-0.25, -0.2) is 14.4 Å². The van der Waals surface area contributed by atoms with Gasteiger partial charge in [0.15, 0.2) is 0 Å². The number of rotatable bonds is 7. The fourth-order valence-corrected chi connectivity index (χ4v) is 3.01. The smallest absolute Gasteiger partial charge is 0.274 e. The highest BCUT2D eigenvalue weighted by molar-refractivity contribution is 6.03. The molecule has 6 nitrogen and oxygen atoms in total. The number of hydrogen-bond acceptors (Lipinski definition) is 5. The maximum absolute atomic E-state index is 13.8. The molecular formula is C22H24FN5O. The summed E-state index contributed by atoms with van der Waals surface area (Å²) in [6.07, 6.45) is 1.30. The van der Waals surface area contributed by atoms with Gasteiger partial charge in [0.05, 0.1) is 5.69 Å². The van der Waals surface area contributed by atoms with Crippen LogP contribution in [0.5, 0.6) is 0 Å². The van der Waals surface area contributed by atoms with E-state index in [-0.39, 0.29) is 11.4 Å². The summed E-state index contributed by atoms with van der Waals surface area (Å²) in [5.74, 6) is -0.524. The Kier molecular flexibility index (Phi) is 6.39. The van der Waals surface area contributed by atoms with E-state index in [0.717, 1.165) is 30.0 Å². The van der Waals surface area contributed by atoms with Crippen molar-refractivity contribution < 1.29 is 9.18 Å². The van der Waals surface area contributed by atoms with Gasteiger partial charge in [0.2, 0.25) is 0 Å². The molecule has 1 heterocycles. The third-order valence-corrected chi connectivity index (χ3v) is 4.62. The maximum Gasteiger partial charge on any atom is 0.274 e. The molecule has 0 bridgehead atoms. The molecule has 1 amide bonds. The molecule has 0 aliphatic carbocycles. The average Bonchev–Trinajstić information content (AvgIpc) is 2.73. The molecule has 2 aromatic carbocycles. The molecule has 3 rings (SSSR count). The van der Waals surface area contributed by atoms with Crippen LogP contribution in [0.15, 0.2) is 54.9 Å². The highest BCUT2D eigenvalue weighted by Crippen LogP contribution is 2.25. The lowest BCUT2D eigenvalue weighted by molar-refractivity contribution is 0.102. The first-order valence-corrected chi connectivity index (χ1v) is 9.52. The number of amides is 1. The number of carbonyl (C=O) groups is 1. The molecule has 0 fully saturated rings. The zero-order valence-corrected chi connectivity index (χ0v) is 16.7. The SMILES string of the molecule is CCN(CC)c1ccc(Nc2cc(C(=O)Nc3ccccc3F)ncn2)c(C)c1. The topological polar surface area (TPSA) is 70.2 Å². The monoisotopic (exact) mass is 393 g/mol. The van der Waals surface area contributed by atoms with Crippen molar-refractivity contribution in [3.05, 3.63) is 71.9 Å². The van der Waals surface area contributed by atoms with Crippen LogP contribution in [0.2, 0.25) is 0 Å². The van der Waals surface area contributed by atoms with Crippen LogP contribution in [0.3, 0.4) is 0 Å². The lowest BCUT2D eigenvalue weighted by Crippen LogP contribution is -2.21. The number of carbonyl (C=O) groups excluding carboxylic acids is 1. The molecule has 0 spiro atoms. The number of anilines is 4. The van der Waals surface area contributed by atoms with Crippen LogP contribution in [-0.2, 0) is 0 Å². The van der Waals surface area contributed by atoms with E-state index in [9.17, 15) is 9.18 Å². The maximum atomic E-state index is 13.8. The summed E-state index contributed by atoms with van der Waals surface area (Å²) >= 11 is 0. The van der Waals surface area contributed by atoms with E-state index in [4.69, 9.17) is 0 Å². The van der Waals surface area contributed by atoms with E-state index in [1.54, 1.807) is 12.1 Å². The Morgan fingerprint density at radius 1 is 1.03 bits per heavy atom. The van der Waals surface area contributed by atoms with Gasteiger partial charge in [-0.2, -0.15) is 0 Å². The summed E-state index contributed by atoms with van der Waals surface area (Å²) in [7, 11) is 0. The summed E-state index contributed by atoms with van der Waals surface area (Å²) in [6.45, 7) is 8.14. The van der Waals surface area contributed by atoms with Crippen LogP contribution in [0.1, 0.15) is 29.9 Å². The summed E-state index contributed by atoms with van der Waals surface area (Å²) < 4.78 is 13.8. The first-order chi connectivity index (χ1) is 14.0. The summed E-state index contributed by atoms with van der Waals surface area (Å²) in [4.78, 5) is 22.9. The quantitative estimate of drug-likeness (QED) is 0.605. The number of nitrogens with one attached hydrogen (secondary N) is 2. The van der Waals surface area contributed by atoms with Crippen LogP contribution < -0.4 is 15.5 Å². The third-order valence-electron chi connectivity index (χ3n) is 4.62. The predicted octanol–water partition coefficient (Wildman–Crippen LogP) is 4.77. The zero-order chi connectivity index (χ0) is 20.8. The lowest BCUT2D eigenvalue weighted by atomic mass is 10.1. The van der Waals surface area contributed by atoms with E-state index in [1.165, 1.54) is 24.5 Å². The van der Waals surface area contributed by atoms with Crippen molar-refractivity contribution in [2.75, 3.05) is 28.6 Å². The molecule has 0 saturated carbocycles. The Hall–Kier alpha value is -3.48. The van der Waals surface area contributed by atoms with Crippen molar-refractivity contribution in [3.8, 4) is 0 Å². The van der Waals surface area contributed by atoms with Crippen molar-refractivity contribution in [1.29, 1.82) is 0 Å². The van der Waals surface area contributed by atoms with Gasteiger partial charge in [0.25, 0.3) is 5.91 Å². The van der Waals surface area contributed by atoms with E-state index < -0.39 is 11.7 Å². The second-order valence-corrected chi connectivity index (χ2v) is 6.52. The fourth-order valence-electron chi connectivity index (χ4n) is 3.01. The Labute approximate surface area is 169 Å². The zero-order valence-electron chi connectivity index (χ0n) is 16.7. The van der Waals surface area contributed by atoms with Crippen molar-refractivity contribution in [2.45, 2.75) is 20.8 Å². The lowest BCUT2D eigenvalue weighted by Gasteiger charge is -2.22. The summed E-state index contributed by atoms with van der Waals surface area (Å²) in [5, 5.41) is 5.75. The Morgan fingerprint density at radius 3 is 2.48 bits per heavy atom. The molecule has 0 aliphatic rings. The molecule has 29 heavy (non-hydrogen) atoms. The molecule has 2 N–H and O–H groups in total. The molecule has 0 saturated heterocycles. The number of hydrogen-bond donors (Lipinski definition) is 2. The standard InChI is InChI=1S/C22H24FN5O/c1-4-28(5-2)16-10-11-18(15(3)12-16)26-21-13-20(24-14-25-21)22(29)27-19-9-7-6-8-17(19)23/h6-14H,4-5H2,1-3H3,(H,27,29)(H,24,25,26). The molecule has 0 unspecified atom stereocenters. The Balaban J connectivity index is 1.76. The number of aromatic nitrogens is 2. The minimum Gasteiger partial charge on any atom is -0.372 e. The molecule has 0 atom stereocenters. The largest absolute Gasteiger partial charge is 0.372 e. The van der Waals surface area contributed by atoms with Crippen LogP contribution in [-0.4, -0.2) is 29.0 Å². The third kappa shape index (κ3) is 4.87. The first kappa shape index (κ1) is 20.3.